The molecule has 0 aliphatic heterocycles. The number of amides is 1. The summed E-state index contributed by atoms with van der Waals surface area (Å²) in [6.07, 6.45) is 1.79. The number of carbonyl (C=O) groups excluding carboxylic acids is 1. The average Bonchev–Trinajstić information content (AvgIpc) is 3.11. The van der Waals surface area contributed by atoms with Crippen molar-refractivity contribution in [3.63, 3.8) is 0 Å². The van der Waals surface area contributed by atoms with Crippen molar-refractivity contribution in [1.29, 1.82) is 0 Å². The van der Waals surface area contributed by atoms with E-state index in [1.54, 1.807) is 18.3 Å². The van der Waals surface area contributed by atoms with Crippen LogP contribution in [0.2, 0.25) is 5.02 Å². The molecule has 0 fully saturated rings. The van der Waals surface area contributed by atoms with Gasteiger partial charge in [-0.25, -0.2) is 0 Å². The molecule has 2 aromatic heterocycles. The summed E-state index contributed by atoms with van der Waals surface area (Å²) < 4.78 is 2.51. The fourth-order valence-electron chi connectivity index (χ4n) is 2.64. The van der Waals surface area contributed by atoms with Crippen LogP contribution < -0.4 is 5.32 Å². The lowest BCUT2D eigenvalue weighted by atomic mass is 10.2. The summed E-state index contributed by atoms with van der Waals surface area (Å²) in [5, 5.41) is 13.3. The van der Waals surface area contributed by atoms with E-state index in [2.05, 4.69) is 17.2 Å². The van der Waals surface area contributed by atoms with Gasteiger partial charge in [-0.3, -0.25) is 4.79 Å². The van der Waals surface area contributed by atoms with E-state index in [0.717, 1.165) is 20.7 Å². The molecule has 0 unspecified atom stereocenters. The van der Waals surface area contributed by atoms with E-state index < -0.39 is 0 Å². The minimum atomic E-state index is -0.215. The third kappa shape index (κ3) is 4.40. The Kier molecular flexibility index (Phi) is 6.30. The topological polar surface area (TPSA) is 54.3 Å². The maximum atomic E-state index is 12.7. The molecule has 0 bridgehead atoms. The van der Waals surface area contributed by atoms with Gasteiger partial charge in [0.2, 0.25) is 0 Å². The number of benzene rings is 1. The number of hydrogen-bond acceptors (Lipinski definition) is 4. The quantitative estimate of drug-likeness (QED) is 0.490. The third-order valence-electron chi connectivity index (χ3n) is 3.99. The molecule has 1 aromatic carbocycles. The van der Waals surface area contributed by atoms with Crippen molar-refractivity contribution in [2.24, 2.45) is 0 Å². The van der Waals surface area contributed by atoms with Gasteiger partial charge < -0.3 is 15.0 Å². The highest BCUT2D eigenvalue weighted by molar-refractivity contribution is 7.71. The summed E-state index contributed by atoms with van der Waals surface area (Å²) >= 11 is 13.0. The van der Waals surface area contributed by atoms with E-state index in [1.807, 2.05) is 29.7 Å². The fraction of sp³-hybridized carbons (Fsp3) is 0.200. The number of thiophene rings is 1. The van der Waals surface area contributed by atoms with E-state index in [9.17, 15) is 4.79 Å². The molecule has 0 atom stereocenters. The predicted octanol–water partition coefficient (Wildman–Crippen LogP) is 4.38. The highest BCUT2D eigenvalue weighted by atomic mass is 35.5. The van der Waals surface area contributed by atoms with Crippen molar-refractivity contribution in [3.05, 3.63) is 62.1 Å². The standard InChI is InChI=1S/C20H17ClN2O2S2/c1-2-23-12-17(19(25)22-11-13-5-7-14(21)8-6-13)18(26)16-10-15(4-3-9-24)27-20(16)23/h5-8,10,12,24H,2,9,11H2,1H3,(H,22,25). The zero-order chi connectivity index (χ0) is 19.4. The van der Waals surface area contributed by atoms with Crippen molar-refractivity contribution in [3.8, 4) is 11.8 Å². The molecule has 138 valence electrons. The van der Waals surface area contributed by atoms with Crippen molar-refractivity contribution in [1.82, 2.24) is 9.88 Å². The second kappa shape index (κ2) is 8.68. The predicted molar refractivity (Wildman–Crippen MR) is 113 cm³/mol. The van der Waals surface area contributed by atoms with Crippen molar-refractivity contribution in [2.45, 2.75) is 20.0 Å². The van der Waals surface area contributed by atoms with Gasteiger partial charge in [0.1, 0.15) is 11.4 Å². The maximum absolute atomic E-state index is 12.7. The second-order valence-corrected chi connectivity index (χ2v) is 7.63. The molecule has 4 nitrogen and oxygen atoms in total. The number of nitrogens with one attached hydrogen (secondary N) is 1. The molecule has 0 saturated carbocycles. The lowest BCUT2D eigenvalue weighted by molar-refractivity contribution is 0.0950. The Morgan fingerprint density at radius 3 is 2.78 bits per heavy atom. The Bertz CT molecular complexity index is 1110. The van der Waals surface area contributed by atoms with E-state index in [1.165, 1.54) is 11.3 Å². The lowest BCUT2D eigenvalue weighted by Crippen LogP contribution is -2.24. The summed E-state index contributed by atoms with van der Waals surface area (Å²) in [7, 11) is 0. The molecule has 7 heteroatoms. The first-order chi connectivity index (χ1) is 13.0. The molecule has 0 saturated heterocycles. The number of hydrogen-bond donors (Lipinski definition) is 2. The largest absolute Gasteiger partial charge is 0.384 e. The monoisotopic (exact) mass is 416 g/mol. The molecule has 0 spiro atoms. The Balaban J connectivity index is 1.93. The van der Waals surface area contributed by atoms with Gasteiger partial charge >= 0.3 is 0 Å². The molecular weight excluding hydrogens is 400 g/mol. The summed E-state index contributed by atoms with van der Waals surface area (Å²) in [5.74, 6) is 5.34. The molecule has 1 amide bonds. The number of aliphatic hydroxyl groups excluding tert-OH is 1. The highest BCUT2D eigenvalue weighted by Gasteiger charge is 2.14. The SMILES string of the molecule is CCn1cc(C(=O)NCc2ccc(Cl)cc2)c(=S)c2cc(C#CCO)sc21. The molecule has 0 aliphatic carbocycles. The minimum Gasteiger partial charge on any atom is -0.384 e. The highest BCUT2D eigenvalue weighted by Crippen LogP contribution is 2.28. The Labute approximate surface area is 171 Å². The van der Waals surface area contributed by atoms with Gasteiger partial charge in [-0.15, -0.1) is 11.3 Å². The van der Waals surface area contributed by atoms with E-state index in [0.29, 0.717) is 28.2 Å². The molecule has 27 heavy (non-hydrogen) atoms. The van der Waals surface area contributed by atoms with Gasteiger partial charge in [0, 0.05) is 29.7 Å². The number of halogens is 1. The Morgan fingerprint density at radius 2 is 2.11 bits per heavy atom. The number of carbonyl (C=O) groups is 1. The van der Waals surface area contributed by atoms with Gasteiger partial charge in [0.15, 0.2) is 0 Å². The van der Waals surface area contributed by atoms with Crippen LogP contribution in [-0.4, -0.2) is 22.2 Å². The third-order valence-corrected chi connectivity index (χ3v) is 5.77. The Hall–Kier alpha value is -2.17. The minimum absolute atomic E-state index is 0.193. The van der Waals surface area contributed by atoms with Crippen molar-refractivity contribution >= 4 is 51.3 Å². The number of pyridine rings is 1. The lowest BCUT2D eigenvalue weighted by Gasteiger charge is -2.10. The molecule has 0 radical (unpaired) electrons. The number of aliphatic hydroxyl groups is 1. The number of fused-ring (bicyclic) bond motifs is 1. The summed E-state index contributed by atoms with van der Waals surface area (Å²) in [6, 6.07) is 9.21. The van der Waals surface area contributed by atoms with Gasteiger partial charge in [-0.1, -0.05) is 47.8 Å². The first-order valence-electron chi connectivity index (χ1n) is 8.32. The second-order valence-electron chi connectivity index (χ2n) is 5.76. The van der Waals surface area contributed by atoms with Crippen LogP contribution in [0.3, 0.4) is 0 Å². The maximum Gasteiger partial charge on any atom is 0.254 e. The van der Waals surface area contributed by atoms with Crippen LogP contribution in [0.5, 0.6) is 0 Å². The zero-order valence-electron chi connectivity index (χ0n) is 14.6. The van der Waals surface area contributed by atoms with Crippen LogP contribution in [-0.2, 0) is 13.1 Å². The van der Waals surface area contributed by atoms with Crippen LogP contribution >= 0.6 is 35.2 Å². The average molecular weight is 417 g/mol. The first kappa shape index (κ1) is 19.6. The molecule has 2 heterocycles. The van der Waals surface area contributed by atoms with Crippen LogP contribution in [0.15, 0.2) is 36.5 Å². The number of rotatable bonds is 4. The molecule has 2 N–H and O–H groups in total. The zero-order valence-corrected chi connectivity index (χ0v) is 17.0. The molecule has 0 aliphatic rings. The summed E-state index contributed by atoms with van der Waals surface area (Å²) in [4.78, 5) is 14.5. The number of nitrogens with zero attached hydrogens (tertiary/aromatic N) is 1. The van der Waals surface area contributed by atoms with Crippen molar-refractivity contribution < 1.29 is 9.90 Å². The van der Waals surface area contributed by atoms with Gasteiger partial charge in [-0.2, -0.15) is 0 Å². The van der Waals surface area contributed by atoms with Crippen LogP contribution in [0.4, 0.5) is 0 Å². The number of aromatic nitrogens is 1. The molecule has 3 rings (SSSR count). The normalized spacial score (nSPS) is 10.5. The smallest absolute Gasteiger partial charge is 0.254 e. The first-order valence-corrected chi connectivity index (χ1v) is 9.93. The van der Waals surface area contributed by atoms with E-state index in [4.69, 9.17) is 28.9 Å². The van der Waals surface area contributed by atoms with E-state index >= 15 is 0 Å². The van der Waals surface area contributed by atoms with Gasteiger partial charge in [0.05, 0.1) is 15.0 Å². The van der Waals surface area contributed by atoms with E-state index in [-0.39, 0.29) is 12.5 Å². The van der Waals surface area contributed by atoms with Gasteiger partial charge in [0.25, 0.3) is 5.91 Å². The van der Waals surface area contributed by atoms with Crippen LogP contribution in [0, 0.1) is 16.4 Å². The molecular formula is C20H17ClN2O2S2. The summed E-state index contributed by atoms with van der Waals surface area (Å²) in [5.41, 5.74) is 1.42. The van der Waals surface area contributed by atoms with Crippen LogP contribution in [0.25, 0.3) is 10.2 Å². The van der Waals surface area contributed by atoms with Crippen molar-refractivity contribution in [2.75, 3.05) is 6.61 Å². The molecule has 3 aromatic rings. The van der Waals surface area contributed by atoms with Gasteiger partial charge in [-0.05, 0) is 30.7 Å². The number of aryl methyl sites for hydroxylation is 1. The van der Waals surface area contributed by atoms with Crippen LogP contribution in [0.1, 0.15) is 27.7 Å². The fourth-order valence-corrected chi connectivity index (χ4v) is 4.21. The Morgan fingerprint density at radius 1 is 1.37 bits per heavy atom. The summed E-state index contributed by atoms with van der Waals surface area (Å²) in [6.45, 7) is 2.92.